The van der Waals surface area contributed by atoms with Gasteiger partial charge in [0.1, 0.15) is 24.7 Å². The normalized spacial score (nSPS) is 10.2. The lowest BCUT2D eigenvalue weighted by molar-refractivity contribution is 0.0335. The van der Waals surface area contributed by atoms with E-state index in [1.807, 2.05) is 6.92 Å². The highest BCUT2D eigenvalue weighted by Crippen LogP contribution is 2.23. The molecule has 0 aliphatic heterocycles. The number of hydrogen-bond donors (Lipinski definition) is 1. The third kappa shape index (κ3) is 7.34. The SMILES string of the molecule is CCOCCOC(=O)c1ccc(NC(=O)OCc2cc(OC)cc(OC)c2)cc1. The zero-order valence-corrected chi connectivity index (χ0v) is 16.7. The van der Waals surface area contributed by atoms with Gasteiger partial charge in [-0.1, -0.05) is 0 Å². The van der Waals surface area contributed by atoms with Gasteiger partial charge in [-0.05, 0) is 48.9 Å². The Balaban J connectivity index is 1.84. The zero-order chi connectivity index (χ0) is 21.1. The second-order valence-electron chi connectivity index (χ2n) is 5.83. The van der Waals surface area contributed by atoms with Gasteiger partial charge in [0.25, 0.3) is 0 Å². The summed E-state index contributed by atoms with van der Waals surface area (Å²) < 4.78 is 25.8. The van der Waals surface area contributed by atoms with Crippen LogP contribution in [0.15, 0.2) is 42.5 Å². The van der Waals surface area contributed by atoms with Crippen molar-refractivity contribution in [1.29, 1.82) is 0 Å². The number of carbonyl (C=O) groups excluding carboxylic acids is 2. The average molecular weight is 403 g/mol. The molecule has 2 aromatic carbocycles. The van der Waals surface area contributed by atoms with E-state index in [-0.39, 0.29) is 13.2 Å². The van der Waals surface area contributed by atoms with Crippen molar-refractivity contribution < 1.29 is 33.3 Å². The summed E-state index contributed by atoms with van der Waals surface area (Å²) >= 11 is 0. The molecule has 0 fully saturated rings. The maximum absolute atomic E-state index is 12.0. The first kappa shape index (κ1) is 22.0. The molecule has 0 unspecified atom stereocenters. The molecule has 0 aromatic heterocycles. The van der Waals surface area contributed by atoms with Crippen LogP contribution in [0.4, 0.5) is 10.5 Å². The molecule has 0 saturated carbocycles. The van der Waals surface area contributed by atoms with Crippen molar-refractivity contribution in [2.45, 2.75) is 13.5 Å². The predicted molar refractivity (Wildman–Crippen MR) is 107 cm³/mol. The van der Waals surface area contributed by atoms with Crippen LogP contribution in [-0.4, -0.2) is 46.1 Å². The maximum atomic E-state index is 12.0. The van der Waals surface area contributed by atoms with Gasteiger partial charge < -0.3 is 23.7 Å². The van der Waals surface area contributed by atoms with E-state index in [0.717, 1.165) is 5.56 Å². The van der Waals surface area contributed by atoms with Crippen molar-refractivity contribution in [3.63, 3.8) is 0 Å². The van der Waals surface area contributed by atoms with Crippen LogP contribution in [0.2, 0.25) is 0 Å². The lowest BCUT2D eigenvalue weighted by Crippen LogP contribution is -2.14. The Hall–Kier alpha value is -3.26. The van der Waals surface area contributed by atoms with Gasteiger partial charge >= 0.3 is 12.1 Å². The van der Waals surface area contributed by atoms with E-state index in [1.165, 1.54) is 0 Å². The molecule has 0 spiro atoms. The van der Waals surface area contributed by atoms with Crippen molar-refractivity contribution in [1.82, 2.24) is 0 Å². The molecule has 156 valence electrons. The molecule has 29 heavy (non-hydrogen) atoms. The molecule has 0 atom stereocenters. The fraction of sp³-hybridized carbons (Fsp3) is 0.333. The van der Waals surface area contributed by atoms with E-state index in [9.17, 15) is 9.59 Å². The Morgan fingerprint density at radius 2 is 1.55 bits per heavy atom. The first-order chi connectivity index (χ1) is 14.0. The minimum atomic E-state index is -0.626. The molecular formula is C21H25NO7. The standard InChI is InChI=1S/C21H25NO7/c1-4-27-9-10-28-20(23)16-5-7-17(8-6-16)22-21(24)29-14-15-11-18(25-2)13-19(12-15)26-3/h5-8,11-13H,4,9-10,14H2,1-3H3,(H,22,24). The number of ether oxygens (including phenoxy) is 5. The number of esters is 1. The quantitative estimate of drug-likeness (QED) is 0.478. The van der Waals surface area contributed by atoms with Crippen LogP contribution in [0.1, 0.15) is 22.8 Å². The van der Waals surface area contributed by atoms with Gasteiger partial charge in [0.05, 0.1) is 26.4 Å². The van der Waals surface area contributed by atoms with Crippen molar-refractivity contribution in [3.8, 4) is 11.5 Å². The second kappa shape index (κ2) is 11.6. The molecule has 0 aliphatic rings. The highest BCUT2D eigenvalue weighted by atomic mass is 16.6. The number of methoxy groups -OCH3 is 2. The molecule has 2 rings (SSSR count). The summed E-state index contributed by atoms with van der Waals surface area (Å²) in [5.41, 5.74) is 1.59. The second-order valence-corrected chi connectivity index (χ2v) is 5.83. The van der Waals surface area contributed by atoms with Crippen LogP contribution in [0.25, 0.3) is 0 Å². The maximum Gasteiger partial charge on any atom is 0.411 e. The number of hydrogen-bond acceptors (Lipinski definition) is 7. The third-order valence-corrected chi connectivity index (χ3v) is 3.81. The first-order valence-electron chi connectivity index (χ1n) is 9.06. The van der Waals surface area contributed by atoms with Crippen LogP contribution in [-0.2, 0) is 20.8 Å². The van der Waals surface area contributed by atoms with Crippen LogP contribution in [0, 0.1) is 0 Å². The molecule has 0 saturated heterocycles. The molecule has 0 heterocycles. The Bertz CT molecular complexity index is 783. The summed E-state index contributed by atoms with van der Waals surface area (Å²) in [4.78, 5) is 23.9. The van der Waals surface area contributed by atoms with Crippen molar-refractivity contribution >= 4 is 17.7 Å². The van der Waals surface area contributed by atoms with E-state index in [2.05, 4.69) is 5.32 Å². The van der Waals surface area contributed by atoms with Crippen molar-refractivity contribution in [2.75, 3.05) is 39.4 Å². The molecule has 0 aliphatic carbocycles. The average Bonchev–Trinajstić information content (AvgIpc) is 2.75. The largest absolute Gasteiger partial charge is 0.497 e. The molecule has 8 heteroatoms. The van der Waals surface area contributed by atoms with E-state index in [0.29, 0.717) is 36.0 Å². The van der Waals surface area contributed by atoms with Crippen molar-refractivity contribution in [3.05, 3.63) is 53.6 Å². The number of benzene rings is 2. The van der Waals surface area contributed by atoms with E-state index in [4.69, 9.17) is 23.7 Å². The summed E-state index contributed by atoms with van der Waals surface area (Å²) in [6.45, 7) is 3.02. The topological polar surface area (TPSA) is 92.3 Å². The first-order valence-corrected chi connectivity index (χ1v) is 9.06. The van der Waals surface area contributed by atoms with Gasteiger partial charge in [0.2, 0.25) is 0 Å². The Morgan fingerprint density at radius 1 is 0.897 bits per heavy atom. The number of carbonyl (C=O) groups is 2. The highest BCUT2D eigenvalue weighted by molar-refractivity contribution is 5.91. The van der Waals surface area contributed by atoms with Gasteiger partial charge in [-0.3, -0.25) is 5.32 Å². The van der Waals surface area contributed by atoms with Crippen LogP contribution in [0.3, 0.4) is 0 Å². The van der Waals surface area contributed by atoms with E-state index >= 15 is 0 Å². The summed E-state index contributed by atoms with van der Waals surface area (Å²) in [7, 11) is 3.09. The molecule has 8 nitrogen and oxygen atoms in total. The number of amides is 1. The van der Waals surface area contributed by atoms with Crippen molar-refractivity contribution in [2.24, 2.45) is 0 Å². The molecular weight excluding hydrogens is 378 g/mol. The molecule has 2 aromatic rings. The third-order valence-electron chi connectivity index (χ3n) is 3.81. The monoisotopic (exact) mass is 403 g/mol. The smallest absolute Gasteiger partial charge is 0.411 e. The van der Waals surface area contributed by atoms with E-state index in [1.54, 1.807) is 56.7 Å². The minimum Gasteiger partial charge on any atom is -0.497 e. The molecule has 0 radical (unpaired) electrons. The Labute approximate surface area is 169 Å². The van der Waals surface area contributed by atoms with Crippen LogP contribution < -0.4 is 14.8 Å². The van der Waals surface area contributed by atoms with Gasteiger partial charge in [-0.2, -0.15) is 0 Å². The summed E-state index contributed by atoms with van der Waals surface area (Å²) in [6, 6.07) is 11.5. The summed E-state index contributed by atoms with van der Waals surface area (Å²) in [5, 5.41) is 2.60. The number of anilines is 1. The van der Waals surface area contributed by atoms with E-state index < -0.39 is 12.1 Å². The van der Waals surface area contributed by atoms with Crippen LogP contribution >= 0.6 is 0 Å². The van der Waals surface area contributed by atoms with Crippen LogP contribution in [0.5, 0.6) is 11.5 Å². The molecule has 1 amide bonds. The predicted octanol–water partition coefficient (Wildman–Crippen LogP) is 3.65. The molecule has 0 bridgehead atoms. The summed E-state index contributed by atoms with van der Waals surface area (Å²) in [6.07, 6.45) is -0.626. The summed E-state index contributed by atoms with van der Waals surface area (Å²) in [5.74, 6) is 0.755. The molecule has 1 N–H and O–H groups in total. The van der Waals surface area contributed by atoms with Gasteiger partial charge in [0, 0.05) is 18.4 Å². The zero-order valence-electron chi connectivity index (χ0n) is 16.7. The lowest BCUT2D eigenvalue weighted by atomic mass is 10.2. The Kier molecular flexibility index (Phi) is 8.78. The highest BCUT2D eigenvalue weighted by Gasteiger charge is 2.09. The lowest BCUT2D eigenvalue weighted by Gasteiger charge is -2.10. The van der Waals surface area contributed by atoms with Gasteiger partial charge in [-0.25, -0.2) is 9.59 Å². The fourth-order valence-corrected chi connectivity index (χ4v) is 2.36. The fourth-order valence-electron chi connectivity index (χ4n) is 2.36. The number of nitrogens with one attached hydrogen (secondary N) is 1. The van der Waals surface area contributed by atoms with Gasteiger partial charge in [0.15, 0.2) is 0 Å². The number of rotatable bonds is 10. The minimum absolute atomic E-state index is 0.0453. The van der Waals surface area contributed by atoms with Gasteiger partial charge in [-0.15, -0.1) is 0 Å². The Morgan fingerprint density at radius 3 is 2.14 bits per heavy atom.